The summed E-state index contributed by atoms with van der Waals surface area (Å²) in [5.74, 6) is -0.843. The van der Waals surface area contributed by atoms with E-state index in [0.29, 0.717) is 4.88 Å². The molecule has 0 spiro atoms. The van der Waals surface area contributed by atoms with Crippen LogP contribution in [-0.4, -0.2) is 22.4 Å². The Balaban J connectivity index is 2.34. The lowest BCUT2D eigenvalue weighted by Gasteiger charge is -2.29. The zero-order valence-corrected chi connectivity index (χ0v) is 9.59. The molecule has 14 heavy (non-hydrogen) atoms. The largest absolute Gasteiger partial charge is 0.477 e. The molecule has 0 saturated carbocycles. The quantitative estimate of drug-likeness (QED) is 0.777. The first-order chi connectivity index (χ1) is 6.48. The van der Waals surface area contributed by atoms with E-state index in [0.717, 1.165) is 16.4 Å². The zero-order valence-electron chi connectivity index (χ0n) is 7.96. The number of carboxylic acids is 1. The van der Waals surface area contributed by atoms with Gasteiger partial charge in [-0.3, -0.25) is 0 Å². The van der Waals surface area contributed by atoms with Crippen molar-refractivity contribution >= 4 is 34.1 Å². The highest BCUT2D eigenvalue weighted by molar-refractivity contribution is 8.01. The van der Waals surface area contributed by atoms with Crippen molar-refractivity contribution in [2.24, 2.45) is 0 Å². The van der Waals surface area contributed by atoms with Crippen molar-refractivity contribution in [3.05, 3.63) is 10.9 Å². The number of aromatic carboxylic acids is 1. The van der Waals surface area contributed by atoms with E-state index in [1.54, 1.807) is 17.8 Å². The summed E-state index contributed by atoms with van der Waals surface area (Å²) in [5, 5.41) is 13.1. The highest BCUT2D eigenvalue weighted by atomic mass is 32.2. The van der Waals surface area contributed by atoms with Crippen molar-refractivity contribution in [1.82, 2.24) is 0 Å². The Morgan fingerprint density at radius 2 is 2.36 bits per heavy atom. The molecule has 3 nitrogen and oxygen atoms in total. The van der Waals surface area contributed by atoms with E-state index in [1.807, 2.05) is 0 Å². The van der Waals surface area contributed by atoms with Gasteiger partial charge >= 0.3 is 5.97 Å². The Bertz CT molecular complexity index is 384. The summed E-state index contributed by atoms with van der Waals surface area (Å²) in [6.07, 6.45) is 0. The van der Waals surface area contributed by atoms with Crippen molar-refractivity contribution in [2.45, 2.75) is 23.5 Å². The molecule has 1 aliphatic rings. The molecule has 0 amide bonds. The predicted molar refractivity (Wildman–Crippen MR) is 59.7 cm³/mol. The third-order valence-electron chi connectivity index (χ3n) is 1.97. The highest BCUT2D eigenvalue weighted by Crippen LogP contribution is 2.45. The first-order valence-electron chi connectivity index (χ1n) is 4.28. The van der Waals surface area contributed by atoms with Gasteiger partial charge in [-0.05, 0) is 19.9 Å². The van der Waals surface area contributed by atoms with Crippen LogP contribution in [0.1, 0.15) is 23.5 Å². The first-order valence-corrected chi connectivity index (χ1v) is 5.91. The molecule has 0 unspecified atom stereocenters. The first kappa shape index (κ1) is 9.86. The normalized spacial score (nSPS) is 18.4. The summed E-state index contributed by atoms with van der Waals surface area (Å²) in [6, 6.07) is 1.75. The van der Waals surface area contributed by atoms with Crippen LogP contribution in [0.5, 0.6) is 0 Å². The minimum Gasteiger partial charge on any atom is -0.477 e. The highest BCUT2D eigenvalue weighted by Gasteiger charge is 2.28. The van der Waals surface area contributed by atoms with Crippen LogP contribution in [0, 0.1) is 0 Å². The van der Waals surface area contributed by atoms with Gasteiger partial charge < -0.3 is 10.4 Å². The SMILES string of the molecule is CC1(C)CNc2sc(C(=O)O)cc2S1. The van der Waals surface area contributed by atoms with Gasteiger partial charge in [0.25, 0.3) is 0 Å². The van der Waals surface area contributed by atoms with Crippen LogP contribution in [-0.2, 0) is 0 Å². The predicted octanol–water partition coefficient (Wildman–Crippen LogP) is 2.74. The maximum atomic E-state index is 10.8. The number of thiophene rings is 1. The lowest BCUT2D eigenvalue weighted by atomic mass is 10.2. The topological polar surface area (TPSA) is 49.3 Å². The Hall–Kier alpha value is -0.680. The average Bonchev–Trinajstić information content (AvgIpc) is 2.45. The molecule has 0 saturated heterocycles. The number of hydrogen-bond acceptors (Lipinski definition) is 4. The van der Waals surface area contributed by atoms with E-state index in [1.165, 1.54) is 11.3 Å². The van der Waals surface area contributed by atoms with Crippen LogP contribution >= 0.6 is 23.1 Å². The van der Waals surface area contributed by atoms with Crippen LogP contribution in [0.15, 0.2) is 11.0 Å². The lowest BCUT2D eigenvalue weighted by Crippen LogP contribution is -2.29. The number of fused-ring (bicyclic) bond motifs is 1. The number of rotatable bonds is 1. The molecule has 0 aliphatic carbocycles. The van der Waals surface area contributed by atoms with E-state index in [4.69, 9.17) is 5.11 Å². The fourth-order valence-corrected chi connectivity index (χ4v) is 3.50. The lowest BCUT2D eigenvalue weighted by molar-refractivity contribution is 0.0702. The second kappa shape index (κ2) is 3.17. The maximum Gasteiger partial charge on any atom is 0.345 e. The number of anilines is 1. The second-order valence-corrected chi connectivity index (χ2v) is 6.63. The van der Waals surface area contributed by atoms with Gasteiger partial charge in [0, 0.05) is 16.2 Å². The van der Waals surface area contributed by atoms with Crippen LogP contribution in [0.25, 0.3) is 0 Å². The van der Waals surface area contributed by atoms with Gasteiger partial charge in [-0.15, -0.1) is 23.1 Å². The van der Waals surface area contributed by atoms with Crippen LogP contribution in [0.4, 0.5) is 5.00 Å². The van der Waals surface area contributed by atoms with E-state index >= 15 is 0 Å². The third-order valence-corrected chi connectivity index (χ3v) is 4.42. The summed E-state index contributed by atoms with van der Waals surface area (Å²) in [4.78, 5) is 12.2. The smallest absolute Gasteiger partial charge is 0.345 e. The van der Waals surface area contributed by atoms with Gasteiger partial charge in [-0.25, -0.2) is 4.79 Å². The van der Waals surface area contributed by atoms with E-state index < -0.39 is 5.97 Å². The Morgan fingerprint density at radius 3 is 3.00 bits per heavy atom. The van der Waals surface area contributed by atoms with Crippen LogP contribution in [0.2, 0.25) is 0 Å². The number of hydrogen-bond donors (Lipinski definition) is 2. The van der Waals surface area contributed by atoms with Gasteiger partial charge in [0.2, 0.25) is 0 Å². The fraction of sp³-hybridized carbons (Fsp3) is 0.444. The van der Waals surface area contributed by atoms with Crippen molar-refractivity contribution in [3.8, 4) is 0 Å². The van der Waals surface area contributed by atoms with Gasteiger partial charge in [-0.2, -0.15) is 0 Å². The van der Waals surface area contributed by atoms with Gasteiger partial charge in [0.15, 0.2) is 0 Å². The number of carbonyl (C=O) groups is 1. The molecule has 0 aromatic carbocycles. The standard InChI is InChI=1S/C9H11NO2S2/c1-9(2)4-10-7-5(14-9)3-6(13-7)8(11)12/h3,10H,4H2,1-2H3,(H,11,12). The summed E-state index contributed by atoms with van der Waals surface area (Å²) in [6.45, 7) is 5.17. The number of thioether (sulfide) groups is 1. The number of nitrogens with one attached hydrogen (secondary N) is 1. The molecule has 76 valence electrons. The Labute approximate surface area is 90.5 Å². The number of carboxylic acid groups (broad SMARTS) is 1. The minimum atomic E-state index is -0.843. The zero-order chi connectivity index (χ0) is 10.3. The molecule has 5 heteroatoms. The summed E-state index contributed by atoms with van der Waals surface area (Å²) < 4.78 is 0.143. The molecule has 0 bridgehead atoms. The molecule has 1 aliphatic heterocycles. The van der Waals surface area contributed by atoms with E-state index in [2.05, 4.69) is 19.2 Å². The third kappa shape index (κ3) is 1.74. The monoisotopic (exact) mass is 229 g/mol. The molecule has 0 atom stereocenters. The molecule has 2 rings (SSSR count). The van der Waals surface area contributed by atoms with Crippen molar-refractivity contribution in [2.75, 3.05) is 11.9 Å². The molecule has 2 heterocycles. The fourth-order valence-electron chi connectivity index (χ4n) is 1.31. The molecule has 0 fully saturated rings. The van der Waals surface area contributed by atoms with E-state index in [9.17, 15) is 4.79 Å². The molecule has 2 N–H and O–H groups in total. The second-order valence-electron chi connectivity index (χ2n) is 3.82. The van der Waals surface area contributed by atoms with Gasteiger partial charge in [0.1, 0.15) is 9.88 Å². The summed E-state index contributed by atoms with van der Waals surface area (Å²) >= 11 is 3.05. The maximum absolute atomic E-state index is 10.8. The Kier molecular flexibility index (Phi) is 2.23. The van der Waals surface area contributed by atoms with Crippen LogP contribution < -0.4 is 5.32 Å². The molecular weight excluding hydrogens is 218 g/mol. The van der Waals surface area contributed by atoms with Gasteiger partial charge in [0.05, 0.1) is 0 Å². The minimum absolute atomic E-state index is 0.143. The van der Waals surface area contributed by atoms with Crippen molar-refractivity contribution < 1.29 is 9.90 Å². The Morgan fingerprint density at radius 1 is 1.64 bits per heavy atom. The van der Waals surface area contributed by atoms with E-state index in [-0.39, 0.29) is 4.75 Å². The molecular formula is C9H11NO2S2. The molecule has 1 aromatic rings. The molecule has 0 radical (unpaired) electrons. The van der Waals surface area contributed by atoms with Crippen LogP contribution in [0.3, 0.4) is 0 Å². The average molecular weight is 229 g/mol. The van der Waals surface area contributed by atoms with Crippen molar-refractivity contribution in [1.29, 1.82) is 0 Å². The summed E-state index contributed by atoms with van der Waals surface area (Å²) in [7, 11) is 0. The van der Waals surface area contributed by atoms with Gasteiger partial charge in [-0.1, -0.05) is 0 Å². The summed E-state index contributed by atoms with van der Waals surface area (Å²) in [5.41, 5.74) is 0. The molecule has 1 aromatic heterocycles. The van der Waals surface area contributed by atoms with Crippen molar-refractivity contribution in [3.63, 3.8) is 0 Å².